The van der Waals surface area contributed by atoms with Crippen LogP contribution in [-0.2, 0) is 0 Å². The van der Waals surface area contributed by atoms with Crippen LogP contribution in [0, 0.1) is 7.14 Å². The number of rotatable bonds is 0. The van der Waals surface area contributed by atoms with Crippen molar-refractivity contribution in [2.45, 2.75) is 0 Å². The topological polar surface area (TPSA) is 50.4 Å². The number of hydrogen-bond donors (Lipinski definition) is 1. The van der Waals surface area contributed by atoms with Crippen molar-refractivity contribution in [1.82, 2.24) is 0 Å². The first kappa shape index (κ1) is 12.2. The summed E-state index contributed by atoms with van der Waals surface area (Å²) in [6, 6.07) is 8.72. The van der Waals surface area contributed by atoms with Crippen molar-refractivity contribution in [3.05, 3.63) is 47.7 Å². The maximum atomic E-state index is 11.9. The van der Waals surface area contributed by atoms with E-state index in [4.69, 9.17) is 4.42 Å². The van der Waals surface area contributed by atoms with Gasteiger partial charge >= 0.3 is 0 Å². The number of hydrogen-bond acceptors (Lipinski definition) is 3. The molecule has 1 aliphatic carbocycles. The second-order valence-corrected chi connectivity index (χ2v) is 6.13. The van der Waals surface area contributed by atoms with Crippen LogP contribution in [0.3, 0.4) is 0 Å². The van der Waals surface area contributed by atoms with E-state index >= 15 is 0 Å². The van der Waals surface area contributed by atoms with Crippen LogP contribution in [-0.4, -0.2) is 5.11 Å². The predicted octanol–water partition coefficient (Wildman–Crippen LogP) is 3.81. The number of benzene rings is 2. The Morgan fingerprint density at radius 1 is 1.11 bits per heavy atom. The first-order chi connectivity index (χ1) is 8.56. The van der Waals surface area contributed by atoms with Crippen LogP contribution < -0.4 is 5.43 Å². The first-order valence-electron chi connectivity index (χ1n) is 5.11. The maximum Gasteiger partial charge on any atom is 0.209 e. The molecule has 0 aromatic heterocycles. The Labute approximate surface area is 129 Å². The van der Waals surface area contributed by atoms with Crippen molar-refractivity contribution in [1.29, 1.82) is 0 Å². The van der Waals surface area contributed by atoms with Crippen molar-refractivity contribution in [2.75, 3.05) is 0 Å². The lowest BCUT2D eigenvalue weighted by Crippen LogP contribution is -2.11. The van der Waals surface area contributed by atoms with Crippen LogP contribution in [0.2, 0.25) is 0 Å². The quantitative estimate of drug-likeness (QED) is 0.407. The van der Waals surface area contributed by atoms with E-state index in [1.54, 1.807) is 18.2 Å². The second-order valence-electron chi connectivity index (χ2n) is 3.89. The molecular formula is C13H6I2O3. The monoisotopic (exact) mass is 464 g/mol. The number of halogens is 2. The third kappa shape index (κ3) is 1.89. The number of phenols is 1. The van der Waals surface area contributed by atoms with Crippen LogP contribution in [0.1, 0.15) is 0 Å². The largest absolute Gasteiger partial charge is 0.508 e. The van der Waals surface area contributed by atoms with Gasteiger partial charge in [0, 0.05) is 17.0 Å². The Kier molecular flexibility index (Phi) is 2.97. The van der Waals surface area contributed by atoms with Gasteiger partial charge in [-0.1, -0.05) is 0 Å². The molecule has 1 aromatic rings. The maximum absolute atomic E-state index is 11.9. The van der Waals surface area contributed by atoms with Crippen LogP contribution in [0.5, 0.6) is 5.75 Å². The van der Waals surface area contributed by atoms with Gasteiger partial charge in [0.05, 0.1) is 3.57 Å². The van der Waals surface area contributed by atoms with E-state index in [-0.39, 0.29) is 11.2 Å². The lowest BCUT2D eigenvalue weighted by Gasteiger charge is -2.09. The zero-order valence-corrected chi connectivity index (χ0v) is 13.2. The summed E-state index contributed by atoms with van der Waals surface area (Å²) in [5.74, 6) is 0.715. The van der Waals surface area contributed by atoms with Gasteiger partial charge < -0.3 is 9.52 Å². The molecule has 1 aliphatic heterocycles. The summed E-state index contributed by atoms with van der Waals surface area (Å²) in [7, 11) is 0. The van der Waals surface area contributed by atoms with E-state index in [1.165, 1.54) is 0 Å². The summed E-state index contributed by atoms with van der Waals surface area (Å²) in [5, 5.41) is 10.3. The molecule has 2 aliphatic rings. The highest BCUT2D eigenvalue weighted by Gasteiger charge is 2.16. The average Bonchev–Trinajstić information content (AvgIpc) is 2.35. The summed E-state index contributed by atoms with van der Waals surface area (Å²) >= 11 is 4.02. The Balaban J connectivity index is 2.50. The van der Waals surface area contributed by atoms with Crippen LogP contribution >= 0.6 is 45.2 Å². The van der Waals surface area contributed by atoms with E-state index < -0.39 is 0 Å². The van der Waals surface area contributed by atoms with Crippen molar-refractivity contribution in [2.24, 2.45) is 0 Å². The molecule has 90 valence electrons. The van der Waals surface area contributed by atoms with Gasteiger partial charge in [-0.15, -0.1) is 0 Å². The Bertz CT molecular complexity index is 792. The van der Waals surface area contributed by atoms with Crippen LogP contribution in [0.15, 0.2) is 39.5 Å². The first-order valence-corrected chi connectivity index (χ1v) is 7.26. The minimum atomic E-state index is -0.0213. The standard InChI is InChI=1S/C13H6I2O3/c14-9-4-7-3-6-1-2-8(16)5-10(6)18-13(7)11(15)12(9)17/h1-5,16H. The van der Waals surface area contributed by atoms with Gasteiger partial charge in [0.2, 0.25) is 5.43 Å². The summed E-state index contributed by atoms with van der Waals surface area (Å²) < 4.78 is 6.97. The molecule has 0 fully saturated rings. The molecule has 1 aromatic carbocycles. The zero-order valence-electron chi connectivity index (χ0n) is 8.91. The molecule has 0 unspecified atom stereocenters. The van der Waals surface area contributed by atoms with E-state index in [2.05, 4.69) is 0 Å². The third-order valence-electron chi connectivity index (χ3n) is 2.68. The van der Waals surface area contributed by atoms with Crippen molar-refractivity contribution in [3.8, 4) is 17.1 Å². The molecule has 3 nitrogen and oxygen atoms in total. The highest BCUT2D eigenvalue weighted by molar-refractivity contribution is 14.1. The molecule has 0 spiro atoms. The van der Waals surface area contributed by atoms with E-state index in [9.17, 15) is 9.90 Å². The number of fused-ring (bicyclic) bond motifs is 2. The highest BCUT2D eigenvalue weighted by Crippen LogP contribution is 2.32. The van der Waals surface area contributed by atoms with Gasteiger partial charge in [0.15, 0.2) is 5.76 Å². The fraction of sp³-hybridized carbons (Fsp3) is 0. The predicted molar refractivity (Wildman–Crippen MR) is 86.2 cm³/mol. The second kappa shape index (κ2) is 4.37. The summed E-state index contributed by atoms with van der Waals surface area (Å²) in [6.07, 6.45) is 0. The minimum absolute atomic E-state index is 0.0213. The lowest BCUT2D eigenvalue weighted by molar-refractivity contribution is 0.474. The van der Waals surface area contributed by atoms with Gasteiger partial charge in [-0.05, 0) is 69.4 Å². The highest BCUT2D eigenvalue weighted by atomic mass is 127. The van der Waals surface area contributed by atoms with E-state index in [0.29, 0.717) is 18.5 Å². The fourth-order valence-electron chi connectivity index (χ4n) is 1.82. The fourth-order valence-corrected chi connectivity index (χ4v) is 3.65. The van der Waals surface area contributed by atoms with E-state index in [1.807, 2.05) is 57.3 Å². The zero-order chi connectivity index (χ0) is 12.9. The Hall–Kier alpha value is -0.830. The van der Waals surface area contributed by atoms with Crippen LogP contribution in [0.25, 0.3) is 22.3 Å². The summed E-state index contributed by atoms with van der Waals surface area (Å²) in [6.45, 7) is 0. The molecule has 0 bridgehead atoms. The van der Waals surface area contributed by atoms with Gasteiger partial charge in [0.25, 0.3) is 0 Å². The van der Waals surface area contributed by atoms with Gasteiger partial charge in [-0.2, -0.15) is 0 Å². The SMILES string of the molecule is O=c1c(I)cc2cc3ccc(O)cc3oc-2c1I. The Morgan fingerprint density at radius 2 is 1.89 bits per heavy atom. The average molecular weight is 464 g/mol. The normalized spacial score (nSPS) is 11.2. The summed E-state index contributed by atoms with van der Waals surface area (Å²) in [4.78, 5) is 11.9. The van der Waals surface area contributed by atoms with Crippen LogP contribution in [0.4, 0.5) is 0 Å². The van der Waals surface area contributed by atoms with Gasteiger partial charge in [-0.25, -0.2) is 0 Å². The van der Waals surface area contributed by atoms with Crippen molar-refractivity contribution in [3.63, 3.8) is 0 Å². The minimum Gasteiger partial charge on any atom is -0.508 e. The van der Waals surface area contributed by atoms with Crippen molar-refractivity contribution < 1.29 is 9.52 Å². The third-order valence-corrected chi connectivity index (χ3v) is 4.46. The Morgan fingerprint density at radius 3 is 2.67 bits per heavy atom. The molecule has 1 N–H and O–H groups in total. The molecule has 0 saturated heterocycles. The molecule has 3 rings (SSSR count). The van der Waals surface area contributed by atoms with Gasteiger partial charge in [0.1, 0.15) is 14.9 Å². The molecule has 0 radical (unpaired) electrons. The molecule has 0 amide bonds. The lowest BCUT2D eigenvalue weighted by atomic mass is 10.1. The van der Waals surface area contributed by atoms with Gasteiger partial charge in [-0.3, -0.25) is 4.79 Å². The van der Waals surface area contributed by atoms with E-state index in [0.717, 1.165) is 10.9 Å². The molecule has 0 saturated carbocycles. The smallest absolute Gasteiger partial charge is 0.209 e. The van der Waals surface area contributed by atoms with Crippen molar-refractivity contribution >= 4 is 56.2 Å². The number of aromatic hydroxyl groups is 1. The molecular weight excluding hydrogens is 458 g/mol. The molecule has 18 heavy (non-hydrogen) atoms. The number of phenolic OH excluding ortho intramolecular Hbond substituents is 1. The summed E-state index contributed by atoms with van der Waals surface area (Å²) in [5.41, 5.74) is 1.44. The molecule has 0 atom stereocenters. The molecule has 5 heteroatoms. The molecule has 1 heterocycles.